The van der Waals surface area contributed by atoms with Gasteiger partial charge in [0.15, 0.2) is 0 Å². The number of benzene rings is 2. The molecular formula is C26H38O5. The van der Waals surface area contributed by atoms with E-state index in [2.05, 4.69) is 6.58 Å². The molecule has 0 aromatic heterocycles. The summed E-state index contributed by atoms with van der Waals surface area (Å²) in [6, 6.07) is 19.1. The SMILES string of the molecule is C.C.C.C=CCCC(=O)OCc1ccccc1.O=CCCC(=O)OCc1ccccc1. The van der Waals surface area contributed by atoms with Gasteiger partial charge in [0.1, 0.15) is 19.5 Å². The number of rotatable bonds is 10. The number of carbonyl (C=O) groups excluding carboxylic acids is 3. The third kappa shape index (κ3) is 17.4. The van der Waals surface area contributed by atoms with Gasteiger partial charge in [0.25, 0.3) is 0 Å². The minimum absolute atomic E-state index is 0. The molecule has 2 aromatic carbocycles. The number of allylic oxidation sites excluding steroid dienone is 1. The van der Waals surface area contributed by atoms with Gasteiger partial charge in [-0.1, -0.05) is 89.0 Å². The zero-order chi connectivity index (χ0) is 20.5. The summed E-state index contributed by atoms with van der Waals surface area (Å²) in [5.74, 6) is -0.505. The molecule has 0 atom stereocenters. The number of esters is 2. The van der Waals surface area contributed by atoms with Crippen LogP contribution in [-0.4, -0.2) is 18.2 Å². The predicted molar refractivity (Wildman–Crippen MR) is 127 cm³/mol. The molecule has 0 aliphatic heterocycles. The van der Waals surface area contributed by atoms with Crippen LogP contribution >= 0.6 is 0 Å². The van der Waals surface area contributed by atoms with E-state index in [0.717, 1.165) is 11.1 Å². The third-order valence-electron chi connectivity index (χ3n) is 3.50. The van der Waals surface area contributed by atoms with Gasteiger partial charge in [-0.2, -0.15) is 0 Å². The minimum Gasteiger partial charge on any atom is -0.461 e. The average Bonchev–Trinajstić information content (AvgIpc) is 2.75. The first-order chi connectivity index (χ1) is 13.7. The summed E-state index contributed by atoms with van der Waals surface area (Å²) >= 11 is 0. The van der Waals surface area contributed by atoms with Crippen LogP contribution in [0.2, 0.25) is 0 Å². The van der Waals surface area contributed by atoms with Crippen LogP contribution < -0.4 is 0 Å². The minimum atomic E-state index is -0.332. The molecule has 0 aliphatic carbocycles. The van der Waals surface area contributed by atoms with Crippen LogP contribution in [0.15, 0.2) is 73.3 Å². The summed E-state index contributed by atoms with van der Waals surface area (Å²) in [4.78, 5) is 32.1. The Morgan fingerprint density at radius 3 is 1.45 bits per heavy atom. The Hall–Kier alpha value is -3.21. The van der Waals surface area contributed by atoms with Crippen molar-refractivity contribution in [1.82, 2.24) is 0 Å². The van der Waals surface area contributed by atoms with Crippen molar-refractivity contribution in [2.75, 3.05) is 0 Å². The maximum absolute atomic E-state index is 11.1. The van der Waals surface area contributed by atoms with Gasteiger partial charge in [-0.15, -0.1) is 6.58 Å². The lowest BCUT2D eigenvalue weighted by atomic mass is 10.2. The highest BCUT2D eigenvalue weighted by molar-refractivity contribution is 5.72. The number of ether oxygens (including phenoxy) is 2. The first kappa shape index (κ1) is 32.5. The molecular weight excluding hydrogens is 392 g/mol. The van der Waals surface area contributed by atoms with Gasteiger partial charge in [-0.3, -0.25) is 9.59 Å². The van der Waals surface area contributed by atoms with Gasteiger partial charge in [0, 0.05) is 12.8 Å². The van der Waals surface area contributed by atoms with E-state index in [1.54, 1.807) is 6.08 Å². The second kappa shape index (κ2) is 21.5. The van der Waals surface area contributed by atoms with Crippen LogP contribution in [0.4, 0.5) is 0 Å². The lowest BCUT2D eigenvalue weighted by Crippen LogP contribution is -2.04. The number of hydrogen-bond donors (Lipinski definition) is 0. The van der Waals surface area contributed by atoms with Gasteiger partial charge in [-0.25, -0.2) is 0 Å². The summed E-state index contributed by atoms with van der Waals surface area (Å²) < 4.78 is 9.98. The van der Waals surface area contributed by atoms with Crippen LogP contribution in [0.3, 0.4) is 0 Å². The molecule has 31 heavy (non-hydrogen) atoms. The molecule has 0 spiro atoms. The smallest absolute Gasteiger partial charge is 0.306 e. The number of aldehydes is 1. The highest BCUT2D eigenvalue weighted by atomic mass is 16.5. The molecule has 0 saturated carbocycles. The van der Waals surface area contributed by atoms with Crippen LogP contribution in [0.5, 0.6) is 0 Å². The summed E-state index contributed by atoms with van der Waals surface area (Å²) in [6.45, 7) is 4.18. The van der Waals surface area contributed by atoms with Crippen LogP contribution in [0.1, 0.15) is 59.1 Å². The fourth-order valence-corrected chi connectivity index (χ4v) is 2.02. The Bertz CT molecular complexity index is 648. The first-order valence-electron chi connectivity index (χ1n) is 9.09. The van der Waals surface area contributed by atoms with Gasteiger partial charge < -0.3 is 14.3 Å². The fourth-order valence-electron chi connectivity index (χ4n) is 2.02. The lowest BCUT2D eigenvalue weighted by Gasteiger charge is -2.03. The normalized spacial score (nSPS) is 8.52. The zero-order valence-corrected chi connectivity index (χ0v) is 15.9. The zero-order valence-electron chi connectivity index (χ0n) is 15.9. The van der Waals surface area contributed by atoms with E-state index >= 15 is 0 Å². The summed E-state index contributed by atoms with van der Waals surface area (Å²) in [7, 11) is 0. The van der Waals surface area contributed by atoms with E-state index in [1.165, 1.54) is 0 Å². The number of carbonyl (C=O) groups is 3. The third-order valence-corrected chi connectivity index (χ3v) is 3.50. The molecule has 2 aromatic rings. The Morgan fingerprint density at radius 1 is 0.710 bits per heavy atom. The molecule has 0 heterocycles. The maximum atomic E-state index is 11.1. The molecule has 0 unspecified atom stereocenters. The van der Waals surface area contributed by atoms with Gasteiger partial charge >= 0.3 is 11.9 Å². The van der Waals surface area contributed by atoms with Crippen molar-refractivity contribution in [3.8, 4) is 0 Å². The highest BCUT2D eigenvalue weighted by Crippen LogP contribution is 2.03. The molecule has 0 fully saturated rings. The molecule has 0 aliphatic rings. The van der Waals surface area contributed by atoms with Crippen molar-refractivity contribution < 1.29 is 23.9 Å². The van der Waals surface area contributed by atoms with Gasteiger partial charge in [-0.05, 0) is 17.5 Å². The van der Waals surface area contributed by atoms with E-state index in [1.807, 2.05) is 60.7 Å². The second-order valence-corrected chi connectivity index (χ2v) is 5.83. The van der Waals surface area contributed by atoms with Crippen molar-refractivity contribution in [1.29, 1.82) is 0 Å². The summed E-state index contributed by atoms with van der Waals surface area (Å²) in [6.07, 6.45) is 3.90. The summed E-state index contributed by atoms with van der Waals surface area (Å²) in [5, 5.41) is 0. The molecule has 0 N–H and O–H groups in total. The molecule has 172 valence electrons. The van der Waals surface area contributed by atoms with Crippen molar-refractivity contribution in [2.24, 2.45) is 0 Å². The van der Waals surface area contributed by atoms with Crippen molar-refractivity contribution in [3.63, 3.8) is 0 Å². The molecule has 5 heteroatoms. The van der Waals surface area contributed by atoms with E-state index in [9.17, 15) is 14.4 Å². The quantitative estimate of drug-likeness (QED) is 0.251. The topological polar surface area (TPSA) is 69.7 Å². The van der Waals surface area contributed by atoms with E-state index in [4.69, 9.17) is 9.47 Å². The second-order valence-electron chi connectivity index (χ2n) is 5.83. The van der Waals surface area contributed by atoms with Crippen LogP contribution in [0, 0.1) is 0 Å². The monoisotopic (exact) mass is 430 g/mol. The van der Waals surface area contributed by atoms with Crippen LogP contribution in [-0.2, 0) is 37.1 Å². The van der Waals surface area contributed by atoms with Crippen molar-refractivity contribution in [2.45, 2.75) is 61.2 Å². The largest absolute Gasteiger partial charge is 0.461 e. The Morgan fingerprint density at radius 2 is 1.10 bits per heavy atom. The standard InChI is InChI=1S/C12H14O2.C11H12O3.3CH4/c1-2-3-9-12(13)14-10-11-7-5-4-6-8-11;12-8-4-7-11(13)14-9-10-5-2-1-3-6-10;;;/h2,4-8H,1,3,9-10H2;1-3,5-6,8H,4,7,9H2;3*1H4. The molecule has 2 rings (SSSR count). The summed E-state index contributed by atoms with van der Waals surface area (Å²) in [5.41, 5.74) is 1.96. The number of hydrogen-bond acceptors (Lipinski definition) is 5. The molecule has 0 saturated heterocycles. The van der Waals surface area contributed by atoms with Gasteiger partial charge in [0.05, 0.1) is 6.42 Å². The molecule has 0 radical (unpaired) electrons. The molecule has 0 bridgehead atoms. The van der Waals surface area contributed by atoms with Crippen molar-refractivity contribution >= 4 is 18.2 Å². The molecule has 0 amide bonds. The van der Waals surface area contributed by atoms with Crippen LogP contribution in [0.25, 0.3) is 0 Å². The Kier molecular flexibility index (Phi) is 22.5. The predicted octanol–water partition coefficient (Wildman–Crippen LogP) is 6.31. The first-order valence-corrected chi connectivity index (χ1v) is 9.09. The molecule has 5 nitrogen and oxygen atoms in total. The average molecular weight is 431 g/mol. The Labute approximate surface area is 188 Å². The van der Waals surface area contributed by atoms with E-state index in [0.29, 0.717) is 25.7 Å². The lowest BCUT2D eigenvalue weighted by molar-refractivity contribution is -0.146. The maximum Gasteiger partial charge on any atom is 0.306 e. The van der Waals surface area contributed by atoms with Gasteiger partial charge in [0.2, 0.25) is 0 Å². The van der Waals surface area contributed by atoms with Crippen molar-refractivity contribution in [3.05, 3.63) is 84.4 Å². The van der Waals surface area contributed by atoms with E-state index < -0.39 is 0 Å². The van der Waals surface area contributed by atoms with E-state index in [-0.39, 0.29) is 53.7 Å². The fraction of sp³-hybridized carbons (Fsp3) is 0.346. The highest BCUT2D eigenvalue weighted by Gasteiger charge is 2.02. The Balaban J connectivity index is -0.000000461.